The van der Waals surface area contributed by atoms with Crippen molar-refractivity contribution in [3.63, 3.8) is 0 Å². The van der Waals surface area contributed by atoms with Gasteiger partial charge >= 0.3 is 0 Å². The minimum atomic E-state index is -0.361. The third-order valence-corrected chi connectivity index (χ3v) is 4.25. The second-order valence-corrected chi connectivity index (χ2v) is 6.14. The van der Waals surface area contributed by atoms with E-state index in [2.05, 4.69) is 20.4 Å². The van der Waals surface area contributed by atoms with E-state index in [1.165, 1.54) is 10.8 Å². The molecule has 0 radical (unpaired) electrons. The minimum Gasteiger partial charge on any atom is -0.394 e. The van der Waals surface area contributed by atoms with E-state index < -0.39 is 0 Å². The Hall–Kier alpha value is -3.00. The van der Waals surface area contributed by atoms with Gasteiger partial charge in [-0.1, -0.05) is 30.3 Å². The van der Waals surface area contributed by atoms with E-state index in [0.29, 0.717) is 23.5 Å². The van der Waals surface area contributed by atoms with Crippen LogP contribution in [0, 0.1) is 6.92 Å². The predicted octanol–water partition coefficient (Wildman–Crippen LogP) is 0.378. The molecule has 3 aromatic rings. The van der Waals surface area contributed by atoms with Crippen molar-refractivity contribution in [2.45, 2.75) is 32.2 Å². The van der Waals surface area contributed by atoms with Crippen molar-refractivity contribution in [3.8, 4) is 0 Å². The van der Waals surface area contributed by atoms with Crippen LogP contribution in [-0.4, -0.2) is 43.2 Å². The number of aliphatic hydroxyl groups excluding tert-OH is 1. The van der Waals surface area contributed by atoms with E-state index in [1.54, 1.807) is 6.92 Å². The summed E-state index contributed by atoms with van der Waals surface area (Å²) in [6, 6.07) is 9.29. The van der Waals surface area contributed by atoms with Gasteiger partial charge in [0, 0.05) is 12.0 Å². The summed E-state index contributed by atoms with van der Waals surface area (Å²) in [6.45, 7) is 1.58. The van der Waals surface area contributed by atoms with Gasteiger partial charge in [-0.15, -0.1) is 0 Å². The zero-order valence-electron chi connectivity index (χ0n) is 14.5. The number of aromatic nitrogens is 4. The van der Waals surface area contributed by atoms with E-state index >= 15 is 0 Å². The molecule has 0 aliphatic heterocycles. The number of aryl methyl sites for hydroxylation is 1. The summed E-state index contributed by atoms with van der Waals surface area (Å²) in [7, 11) is 0. The van der Waals surface area contributed by atoms with Crippen LogP contribution in [0.2, 0.25) is 0 Å². The van der Waals surface area contributed by atoms with Gasteiger partial charge in [0.1, 0.15) is 6.33 Å². The van der Waals surface area contributed by atoms with Crippen LogP contribution in [0.4, 0.5) is 0 Å². The lowest BCUT2D eigenvalue weighted by atomic mass is 10.1. The van der Waals surface area contributed by atoms with Crippen molar-refractivity contribution in [1.29, 1.82) is 0 Å². The van der Waals surface area contributed by atoms with Crippen LogP contribution >= 0.6 is 0 Å². The smallest absolute Gasteiger partial charge is 0.277 e. The summed E-state index contributed by atoms with van der Waals surface area (Å²) < 4.78 is 1.26. The molecule has 0 spiro atoms. The molecule has 8 heteroatoms. The Morgan fingerprint density at radius 1 is 1.35 bits per heavy atom. The first-order valence-corrected chi connectivity index (χ1v) is 8.44. The number of rotatable bonds is 7. The third kappa shape index (κ3) is 3.97. The van der Waals surface area contributed by atoms with Crippen molar-refractivity contribution in [2.24, 2.45) is 0 Å². The minimum absolute atomic E-state index is 0.142. The van der Waals surface area contributed by atoms with Gasteiger partial charge in [0.25, 0.3) is 11.3 Å². The molecule has 26 heavy (non-hydrogen) atoms. The van der Waals surface area contributed by atoms with E-state index in [0.717, 1.165) is 5.56 Å². The Morgan fingerprint density at radius 2 is 2.12 bits per heavy atom. The maximum atomic E-state index is 12.4. The van der Waals surface area contributed by atoms with Gasteiger partial charge in [-0.2, -0.15) is 4.52 Å². The Bertz CT molecular complexity index is 948. The van der Waals surface area contributed by atoms with Gasteiger partial charge < -0.3 is 10.4 Å². The van der Waals surface area contributed by atoms with Crippen LogP contribution in [0.1, 0.15) is 23.2 Å². The molecule has 2 heterocycles. The molecule has 8 nitrogen and oxygen atoms in total. The molecular formula is C18H21N5O3. The van der Waals surface area contributed by atoms with Crippen molar-refractivity contribution >= 4 is 11.7 Å². The van der Waals surface area contributed by atoms with E-state index in [4.69, 9.17) is 0 Å². The van der Waals surface area contributed by atoms with E-state index in [9.17, 15) is 14.7 Å². The lowest BCUT2D eigenvalue weighted by molar-refractivity contribution is -0.122. The maximum absolute atomic E-state index is 12.4. The molecule has 0 fully saturated rings. The summed E-state index contributed by atoms with van der Waals surface area (Å²) >= 11 is 0. The molecule has 1 aromatic carbocycles. The number of hydrogen-bond acceptors (Lipinski definition) is 5. The van der Waals surface area contributed by atoms with Gasteiger partial charge in [0.15, 0.2) is 0 Å². The predicted molar refractivity (Wildman–Crippen MR) is 95.8 cm³/mol. The highest BCUT2D eigenvalue weighted by Crippen LogP contribution is 2.06. The lowest BCUT2D eigenvalue weighted by Crippen LogP contribution is -2.39. The number of nitrogens with zero attached hydrogens (tertiary/aromatic N) is 3. The highest BCUT2D eigenvalue weighted by molar-refractivity contribution is 5.76. The number of H-pyrrole nitrogens is 1. The molecule has 0 aliphatic carbocycles. The summed E-state index contributed by atoms with van der Waals surface area (Å²) in [5.41, 5.74) is 1.83. The first-order valence-electron chi connectivity index (χ1n) is 8.44. The van der Waals surface area contributed by atoms with E-state index in [1.807, 2.05) is 30.3 Å². The Kier molecular flexibility index (Phi) is 5.43. The summed E-state index contributed by atoms with van der Waals surface area (Å²) in [6.07, 6.45) is 2.36. The van der Waals surface area contributed by atoms with Crippen molar-refractivity contribution < 1.29 is 9.90 Å². The fraction of sp³-hybridized carbons (Fsp3) is 0.333. The number of aromatic amines is 1. The zero-order valence-corrected chi connectivity index (χ0v) is 14.5. The Labute approximate surface area is 149 Å². The van der Waals surface area contributed by atoms with Crippen molar-refractivity contribution in [1.82, 2.24) is 24.9 Å². The molecule has 2 aromatic heterocycles. The summed E-state index contributed by atoms with van der Waals surface area (Å²) in [5.74, 6) is 0.0948. The highest BCUT2D eigenvalue weighted by atomic mass is 16.3. The van der Waals surface area contributed by atoms with Crippen LogP contribution in [0.25, 0.3) is 5.78 Å². The van der Waals surface area contributed by atoms with Crippen LogP contribution in [0.5, 0.6) is 0 Å². The second-order valence-electron chi connectivity index (χ2n) is 6.14. The average molecular weight is 355 g/mol. The zero-order chi connectivity index (χ0) is 18.5. The van der Waals surface area contributed by atoms with Gasteiger partial charge in [-0.25, -0.2) is 9.97 Å². The molecule has 0 unspecified atom stereocenters. The fourth-order valence-electron chi connectivity index (χ4n) is 2.88. The molecule has 3 rings (SSSR count). The molecule has 1 atom stereocenters. The number of benzene rings is 1. The number of aliphatic hydroxyl groups is 1. The first-order chi connectivity index (χ1) is 12.6. The van der Waals surface area contributed by atoms with Crippen molar-refractivity contribution in [2.75, 3.05) is 6.61 Å². The monoisotopic (exact) mass is 355 g/mol. The fourth-order valence-corrected chi connectivity index (χ4v) is 2.88. The number of fused-ring (bicyclic) bond motifs is 1. The quantitative estimate of drug-likeness (QED) is 0.567. The van der Waals surface area contributed by atoms with Crippen LogP contribution in [-0.2, 0) is 17.6 Å². The van der Waals surface area contributed by atoms with Gasteiger partial charge in [0.05, 0.1) is 18.3 Å². The Balaban J connectivity index is 1.62. The third-order valence-electron chi connectivity index (χ3n) is 4.25. The lowest BCUT2D eigenvalue weighted by Gasteiger charge is -2.16. The van der Waals surface area contributed by atoms with Gasteiger partial charge in [0.2, 0.25) is 5.91 Å². The molecule has 3 N–H and O–H groups in total. The molecule has 0 aliphatic rings. The maximum Gasteiger partial charge on any atom is 0.277 e. The SMILES string of the molecule is Cc1nc2nc[nH]n2c(=O)c1CCC(=O)N[C@H](CO)Cc1ccccc1. The van der Waals surface area contributed by atoms with Crippen LogP contribution in [0.15, 0.2) is 41.5 Å². The van der Waals surface area contributed by atoms with Crippen LogP contribution in [0.3, 0.4) is 0 Å². The molecule has 136 valence electrons. The standard InChI is InChI=1S/C18H21N5O3/c1-12-15(17(26)23-18(21-12)19-11-20-23)7-8-16(25)22-14(10-24)9-13-5-3-2-4-6-13/h2-6,11,14,24H,7-10H2,1H3,(H,22,25)(H,19,20,21)/t14-/m0/s1. The summed E-state index contributed by atoms with van der Waals surface area (Å²) in [4.78, 5) is 32.9. The number of amides is 1. The Morgan fingerprint density at radius 3 is 2.85 bits per heavy atom. The molecule has 1 amide bonds. The average Bonchev–Trinajstić information content (AvgIpc) is 3.10. The van der Waals surface area contributed by atoms with E-state index in [-0.39, 0.29) is 37.0 Å². The second kappa shape index (κ2) is 7.92. The topological polar surface area (TPSA) is 112 Å². The molecule has 0 saturated carbocycles. The highest BCUT2D eigenvalue weighted by Gasteiger charge is 2.15. The molecule has 0 bridgehead atoms. The van der Waals surface area contributed by atoms with Crippen molar-refractivity contribution in [3.05, 3.63) is 63.8 Å². The van der Waals surface area contributed by atoms with Gasteiger partial charge in [-0.05, 0) is 25.3 Å². The first kappa shape index (κ1) is 17.8. The number of carbonyl (C=O) groups excluding carboxylic acids is 1. The molecular weight excluding hydrogens is 334 g/mol. The largest absolute Gasteiger partial charge is 0.394 e. The molecule has 0 saturated heterocycles. The van der Waals surface area contributed by atoms with Gasteiger partial charge in [-0.3, -0.25) is 14.7 Å². The number of carbonyl (C=O) groups is 1. The number of hydrogen-bond donors (Lipinski definition) is 3. The van der Waals surface area contributed by atoms with Crippen LogP contribution < -0.4 is 10.9 Å². The normalized spacial score (nSPS) is 12.2. The number of nitrogens with one attached hydrogen (secondary N) is 2. The summed E-state index contributed by atoms with van der Waals surface area (Å²) in [5, 5.41) is 15.0.